The van der Waals surface area contributed by atoms with Crippen molar-refractivity contribution in [2.24, 2.45) is 13.0 Å². The van der Waals surface area contributed by atoms with Gasteiger partial charge in [0.1, 0.15) is 11.4 Å². The quantitative estimate of drug-likeness (QED) is 0.210. The molecule has 0 radical (unpaired) electrons. The van der Waals surface area contributed by atoms with Crippen molar-refractivity contribution >= 4 is 51.9 Å². The number of piperidine rings is 1. The number of nitrogens with zero attached hydrogens (tertiary/aromatic N) is 6. The third-order valence-corrected chi connectivity index (χ3v) is 8.94. The number of amides is 3. The van der Waals surface area contributed by atoms with E-state index in [9.17, 15) is 14.4 Å². The molecule has 6 heterocycles. The Morgan fingerprint density at radius 3 is 2.59 bits per heavy atom. The zero-order valence-corrected chi connectivity index (χ0v) is 27.5. The van der Waals surface area contributed by atoms with Gasteiger partial charge in [-0.25, -0.2) is 9.78 Å². The van der Waals surface area contributed by atoms with Gasteiger partial charge in [-0.2, -0.15) is 0 Å². The Labute approximate surface area is 283 Å². The minimum absolute atomic E-state index is 0.0531. The average molecular weight is 657 g/mol. The zero-order chi connectivity index (χ0) is 34.1. The van der Waals surface area contributed by atoms with Crippen molar-refractivity contribution in [3.05, 3.63) is 108 Å². The predicted octanol–water partition coefficient (Wildman–Crippen LogP) is 5.81. The van der Waals surface area contributed by atoms with Gasteiger partial charge in [0, 0.05) is 92.5 Å². The van der Waals surface area contributed by atoms with Gasteiger partial charge >= 0.3 is 6.03 Å². The summed E-state index contributed by atoms with van der Waals surface area (Å²) in [6, 6.07) is 13.9. The molecule has 12 heteroatoms. The van der Waals surface area contributed by atoms with Gasteiger partial charge in [-0.1, -0.05) is 0 Å². The summed E-state index contributed by atoms with van der Waals surface area (Å²) in [6.45, 7) is 3.94. The maximum absolute atomic E-state index is 13.5. The van der Waals surface area contributed by atoms with Crippen LogP contribution in [0.2, 0.25) is 0 Å². The molecule has 0 saturated carbocycles. The van der Waals surface area contributed by atoms with Gasteiger partial charge in [0.2, 0.25) is 11.7 Å². The van der Waals surface area contributed by atoms with Gasteiger partial charge in [0.25, 0.3) is 0 Å². The van der Waals surface area contributed by atoms with Crippen LogP contribution in [0.15, 0.2) is 85.3 Å². The summed E-state index contributed by atoms with van der Waals surface area (Å²) in [5, 5.41) is 6.38. The van der Waals surface area contributed by atoms with Crippen LogP contribution in [0.25, 0.3) is 17.1 Å². The van der Waals surface area contributed by atoms with Crippen molar-refractivity contribution in [2.75, 3.05) is 35.7 Å². The zero-order valence-electron chi connectivity index (χ0n) is 27.5. The van der Waals surface area contributed by atoms with E-state index in [0.717, 1.165) is 46.4 Å². The number of carbonyl (C=O) groups is 3. The predicted molar refractivity (Wildman–Crippen MR) is 187 cm³/mol. The first-order valence-electron chi connectivity index (χ1n) is 16.2. The number of pyridine rings is 3. The second-order valence-corrected chi connectivity index (χ2v) is 12.5. The van der Waals surface area contributed by atoms with Gasteiger partial charge in [0.15, 0.2) is 5.76 Å². The second kappa shape index (κ2) is 13.2. The first kappa shape index (κ1) is 31.6. The van der Waals surface area contributed by atoms with Crippen molar-refractivity contribution in [3.8, 4) is 5.75 Å². The van der Waals surface area contributed by atoms with Crippen LogP contribution >= 0.6 is 0 Å². The van der Waals surface area contributed by atoms with E-state index in [2.05, 4.69) is 30.5 Å². The number of aryl methyl sites for hydroxylation is 2. The van der Waals surface area contributed by atoms with Crippen LogP contribution in [0.3, 0.4) is 0 Å². The smallest absolute Gasteiger partial charge is 0.323 e. The lowest BCUT2D eigenvalue weighted by molar-refractivity contribution is -0.135. The molecule has 2 N–H and O–H groups in total. The summed E-state index contributed by atoms with van der Waals surface area (Å²) >= 11 is 0. The number of anilines is 3. The molecule has 0 unspecified atom stereocenters. The van der Waals surface area contributed by atoms with Crippen LogP contribution < -0.4 is 20.3 Å². The highest BCUT2D eigenvalue weighted by Crippen LogP contribution is 2.37. The molecule has 1 saturated heterocycles. The molecule has 49 heavy (non-hydrogen) atoms. The van der Waals surface area contributed by atoms with Crippen LogP contribution in [0, 0.1) is 12.8 Å². The van der Waals surface area contributed by atoms with E-state index in [-0.39, 0.29) is 23.4 Å². The van der Waals surface area contributed by atoms with E-state index < -0.39 is 6.03 Å². The Morgan fingerprint density at radius 1 is 1.02 bits per heavy atom. The number of aromatic nitrogens is 4. The maximum Gasteiger partial charge on any atom is 0.323 e. The number of hydrogen-bond acceptors (Lipinski definition) is 8. The highest BCUT2D eigenvalue weighted by atomic mass is 16.5. The molecule has 248 valence electrons. The highest BCUT2D eigenvalue weighted by Gasteiger charge is 2.31. The molecule has 0 atom stereocenters. The normalized spacial score (nSPS) is 15.3. The van der Waals surface area contributed by atoms with Crippen molar-refractivity contribution in [1.29, 1.82) is 0 Å². The lowest BCUT2D eigenvalue weighted by Gasteiger charge is -2.35. The van der Waals surface area contributed by atoms with E-state index in [0.29, 0.717) is 42.3 Å². The fourth-order valence-corrected chi connectivity index (χ4v) is 6.56. The van der Waals surface area contributed by atoms with E-state index in [4.69, 9.17) is 4.74 Å². The first-order chi connectivity index (χ1) is 23.7. The SMILES string of the molecule is Cc1cc(CN(C)C(=O)C2CCN(c3ccnc4c3c(/C=C3\Oc5ccc(NC(=O)Nc6cccnc6)cc5C3=O)cn4C)CC2)ccn1. The van der Waals surface area contributed by atoms with Gasteiger partial charge in [-0.15, -0.1) is 0 Å². The highest BCUT2D eigenvalue weighted by molar-refractivity contribution is 6.16. The molecule has 2 aliphatic heterocycles. The van der Waals surface area contributed by atoms with Crippen LogP contribution in [0.4, 0.5) is 21.9 Å². The molecule has 7 rings (SSSR count). The minimum atomic E-state index is -0.452. The number of urea groups is 1. The van der Waals surface area contributed by atoms with Crippen molar-refractivity contribution in [1.82, 2.24) is 24.4 Å². The van der Waals surface area contributed by atoms with Crippen molar-refractivity contribution in [2.45, 2.75) is 26.3 Å². The summed E-state index contributed by atoms with van der Waals surface area (Å²) in [5.74, 6) is 0.430. The Balaban J connectivity index is 1.06. The number of carbonyl (C=O) groups excluding carboxylic acids is 3. The molecule has 12 nitrogen and oxygen atoms in total. The van der Waals surface area contributed by atoms with E-state index >= 15 is 0 Å². The summed E-state index contributed by atoms with van der Waals surface area (Å²) in [5.41, 5.74) is 5.95. The van der Waals surface area contributed by atoms with Gasteiger partial charge < -0.3 is 29.7 Å². The summed E-state index contributed by atoms with van der Waals surface area (Å²) in [7, 11) is 3.79. The molecule has 3 amide bonds. The lowest BCUT2D eigenvalue weighted by atomic mass is 9.94. The third-order valence-electron chi connectivity index (χ3n) is 8.94. The molecule has 0 aliphatic carbocycles. The number of benzene rings is 1. The van der Waals surface area contributed by atoms with E-state index in [1.165, 1.54) is 0 Å². The Hall–Kier alpha value is -6.04. The number of allylic oxidation sites excluding steroid dienone is 1. The van der Waals surface area contributed by atoms with Crippen LogP contribution in [0.1, 0.15) is 40.0 Å². The fraction of sp³-hybridized carbons (Fsp3) is 0.243. The fourth-order valence-electron chi connectivity index (χ4n) is 6.56. The van der Waals surface area contributed by atoms with E-state index in [1.54, 1.807) is 61.2 Å². The average Bonchev–Trinajstić information content (AvgIpc) is 3.59. The number of ketones is 1. The first-order valence-corrected chi connectivity index (χ1v) is 16.2. The topological polar surface area (TPSA) is 135 Å². The molecule has 0 bridgehead atoms. The van der Waals surface area contributed by atoms with Gasteiger partial charge in [-0.05, 0) is 79.9 Å². The van der Waals surface area contributed by atoms with Crippen LogP contribution in [-0.4, -0.2) is 62.3 Å². The number of rotatable bonds is 7. The number of Topliss-reactive ketones (excluding diaryl/α,β-unsaturated/α-hetero) is 1. The molecule has 2 aliphatic rings. The summed E-state index contributed by atoms with van der Waals surface area (Å²) in [4.78, 5) is 56.4. The lowest BCUT2D eigenvalue weighted by Crippen LogP contribution is -2.41. The van der Waals surface area contributed by atoms with Crippen molar-refractivity contribution < 1.29 is 19.1 Å². The van der Waals surface area contributed by atoms with Gasteiger partial charge in [-0.3, -0.25) is 19.6 Å². The Bertz CT molecular complexity index is 2100. The van der Waals surface area contributed by atoms with E-state index in [1.807, 2.05) is 54.9 Å². The molecule has 0 spiro atoms. The summed E-state index contributed by atoms with van der Waals surface area (Å²) in [6.07, 6.45) is 11.9. The van der Waals surface area contributed by atoms with Gasteiger partial charge in [0.05, 0.1) is 17.4 Å². The molecule has 1 fully saturated rings. The van der Waals surface area contributed by atoms with Crippen molar-refractivity contribution in [3.63, 3.8) is 0 Å². The third kappa shape index (κ3) is 6.57. The molecular weight excluding hydrogens is 620 g/mol. The van der Waals surface area contributed by atoms with Crippen LogP contribution in [0.5, 0.6) is 5.75 Å². The largest absolute Gasteiger partial charge is 0.452 e. The number of nitrogens with one attached hydrogen (secondary N) is 2. The number of fused-ring (bicyclic) bond motifs is 2. The number of ether oxygens (including phenoxy) is 1. The standard InChI is InChI=1S/C37H36N8O4/c1-23-17-24(8-13-39-23)21-44(3)36(47)25-10-15-45(16-11-25)30-9-14-40-35-33(30)26(22-43(35)2)18-32-34(46)29-19-27(6-7-31(29)49-32)41-37(48)42-28-5-4-12-38-20-28/h4-9,12-14,17-20,22,25H,10-11,15-16,21H2,1-3H3,(H2,41,42,48)/b32-18-. The monoisotopic (exact) mass is 656 g/mol. The minimum Gasteiger partial charge on any atom is -0.452 e. The molecule has 4 aromatic heterocycles. The maximum atomic E-state index is 13.5. The summed E-state index contributed by atoms with van der Waals surface area (Å²) < 4.78 is 7.96. The van der Waals surface area contributed by atoms with Crippen LogP contribution in [-0.2, 0) is 18.4 Å². The molecular formula is C37H36N8O4. The Morgan fingerprint density at radius 2 is 1.82 bits per heavy atom. The molecule has 5 aromatic rings. The Kier molecular flexibility index (Phi) is 8.52. The second-order valence-electron chi connectivity index (χ2n) is 12.5. The number of hydrogen-bond donors (Lipinski definition) is 2. The molecule has 1 aromatic carbocycles.